The van der Waals surface area contributed by atoms with Crippen LogP contribution in [0, 0.1) is 17.8 Å². The summed E-state index contributed by atoms with van der Waals surface area (Å²) < 4.78 is 68.0. The van der Waals surface area contributed by atoms with Gasteiger partial charge in [0, 0.05) is 25.7 Å². The van der Waals surface area contributed by atoms with E-state index >= 15 is 0 Å². The molecular formula is C65H126O17P2. The molecule has 0 aromatic rings. The Morgan fingerprint density at radius 2 is 0.607 bits per heavy atom. The summed E-state index contributed by atoms with van der Waals surface area (Å²) in [4.78, 5) is 72.2. The molecule has 0 bridgehead atoms. The highest BCUT2D eigenvalue weighted by atomic mass is 31.2. The van der Waals surface area contributed by atoms with Crippen LogP contribution < -0.4 is 0 Å². The molecule has 19 heteroatoms. The normalized spacial score (nSPS) is 14.7. The van der Waals surface area contributed by atoms with Gasteiger partial charge in [0.25, 0.3) is 0 Å². The number of unbranched alkanes of at least 4 members (excludes halogenated alkanes) is 30. The molecule has 0 amide bonds. The second-order valence-corrected chi connectivity index (χ2v) is 27.6. The third-order valence-corrected chi connectivity index (χ3v) is 17.1. The van der Waals surface area contributed by atoms with E-state index in [2.05, 4.69) is 48.5 Å². The summed E-state index contributed by atoms with van der Waals surface area (Å²) in [6.07, 6.45) is 37.7. The molecule has 0 saturated heterocycles. The number of esters is 4. The summed E-state index contributed by atoms with van der Waals surface area (Å²) in [6.45, 7) is 11.7. The lowest BCUT2D eigenvalue weighted by molar-refractivity contribution is -0.161. The zero-order valence-corrected chi connectivity index (χ0v) is 56.1. The molecule has 0 heterocycles. The molecule has 0 rings (SSSR count). The largest absolute Gasteiger partial charge is 0.472 e. The van der Waals surface area contributed by atoms with Gasteiger partial charge in [-0.3, -0.25) is 37.3 Å². The van der Waals surface area contributed by atoms with Crippen LogP contribution in [0.2, 0.25) is 0 Å². The lowest BCUT2D eigenvalue weighted by Gasteiger charge is -2.21. The van der Waals surface area contributed by atoms with Crippen LogP contribution >= 0.6 is 15.6 Å². The van der Waals surface area contributed by atoms with Crippen molar-refractivity contribution >= 4 is 39.5 Å². The fourth-order valence-electron chi connectivity index (χ4n) is 9.62. The molecule has 0 aromatic carbocycles. The summed E-state index contributed by atoms with van der Waals surface area (Å²) in [7, 11) is -9.89. The van der Waals surface area contributed by atoms with E-state index in [1.54, 1.807) is 0 Å². The standard InChI is InChI=1S/C65H126O17P2/c1-8-10-11-12-13-14-16-20-23-32-39-46-62(67)75-52-60(81-64(69)48-41-34-24-21-18-15-17-19-22-29-36-43-56(3)4)54-79-83(71,72)77-50-59(66)51-78-84(73,74)80-55-61(53-76-63(68)47-40-33-27-25-30-37-44-57(5)6)82-65(70)49-42-35-28-26-31-38-45-58(7)9-2/h56-61,66H,8-55H2,1-7H3,(H,71,72)(H,73,74)/t58?,59-,60-,61-/m1/s1. The Morgan fingerprint density at radius 1 is 0.345 bits per heavy atom. The highest BCUT2D eigenvalue weighted by Gasteiger charge is 2.30. The van der Waals surface area contributed by atoms with Crippen LogP contribution in [0.1, 0.15) is 318 Å². The van der Waals surface area contributed by atoms with Crippen molar-refractivity contribution in [2.24, 2.45) is 17.8 Å². The first kappa shape index (κ1) is 82.1. The van der Waals surface area contributed by atoms with Crippen molar-refractivity contribution in [3.8, 4) is 0 Å². The van der Waals surface area contributed by atoms with E-state index in [0.717, 1.165) is 108 Å². The first-order chi connectivity index (χ1) is 40.3. The lowest BCUT2D eigenvalue weighted by Crippen LogP contribution is -2.30. The maximum atomic E-state index is 13.0. The predicted octanol–water partition coefficient (Wildman–Crippen LogP) is 17.9. The van der Waals surface area contributed by atoms with Gasteiger partial charge in [-0.05, 0) is 43.4 Å². The number of hydrogen-bond acceptors (Lipinski definition) is 15. The van der Waals surface area contributed by atoms with Crippen LogP contribution in [0.5, 0.6) is 0 Å². The fourth-order valence-corrected chi connectivity index (χ4v) is 11.2. The third kappa shape index (κ3) is 57.8. The molecule has 3 unspecified atom stereocenters. The Kier molecular flexibility index (Phi) is 55.0. The number of carbonyl (C=O) groups is 4. The summed E-state index contributed by atoms with van der Waals surface area (Å²) in [6, 6.07) is 0. The predicted molar refractivity (Wildman–Crippen MR) is 335 cm³/mol. The van der Waals surface area contributed by atoms with Crippen LogP contribution in [-0.2, 0) is 65.4 Å². The number of phosphoric ester groups is 2. The highest BCUT2D eigenvalue weighted by molar-refractivity contribution is 7.47. The van der Waals surface area contributed by atoms with Crippen LogP contribution in [-0.4, -0.2) is 96.7 Å². The minimum atomic E-state index is -4.95. The number of hydrogen-bond donors (Lipinski definition) is 3. The van der Waals surface area contributed by atoms with Crippen molar-refractivity contribution in [1.29, 1.82) is 0 Å². The average molecular weight is 1240 g/mol. The summed E-state index contributed by atoms with van der Waals surface area (Å²) in [5, 5.41) is 10.5. The van der Waals surface area contributed by atoms with Crippen LogP contribution in [0.3, 0.4) is 0 Å². The molecule has 498 valence electrons. The van der Waals surface area contributed by atoms with E-state index in [0.29, 0.717) is 31.6 Å². The van der Waals surface area contributed by atoms with Gasteiger partial charge >= 0.3 is 39.5 Å². The minimum Gasteiger partial charge on any atom is -0.462 e. The molecule has 0 aliphatic rings. The van der Waals surface area contributed by atoms with Gasteiger partial charge < -0.3 is 33.8 Å². The molecule has 6 atom stereocenters. The molecule has 0 fully saturated rings. The third-order valence-electron chi connectivity index (χ3n) is 15.2. The van der Waals surface area contributed by atoms with Crippen molar-refractivity contribution in [3.63, 3.8) is 0 Å². The van der Waals surface area contributed by atoms with Crippen LogP contribution in [0.4, 0.5) is 0 Å². The minimum absolute atomic E-state index is 0.102. The zero-order chi connectivity index (χ0) is 62.4. The summed E-state index contributed by atoms with van der Waals surface area (Å²) >= 11 is 0. The summed E-state index contributed by atoms with van der Waals surface area (Å²) in [5.41, 5.74) is 0. The van der Waals surface area contributed by atoms with Gasteiger partial charge in [-0.2, -0.15) is 0 Å². The van der Waals surface area contributed by atoms with E-state index in [1.807, 2.05) is 0 Å². The number of carbonyl (C=O) groups excluding carboxylic acids is 4. The molecule has 17 nitrogen and oxygen atoms in total. The van der Waals surface area contributed by atoms with E-state index in [-0.39, 0.29) is 25.7 Å². The maximum Gasteiger partial charge on any atom is 0.472 e. The molecule has 0 spiro atoms. The second-order valence-electron chi connectivity index (χ2n) is 24.7. The van der Waals surface area contributed by atoms with E-state index < -0.39 is 97.5 Å². The van der Waals surface area contributed by atoms with Crippen LogP contribution in [0.25, 0.3) is 0 Å². The fraction of sp³-hybridized carbons (Fsp3) is 0.938. The number of phosphoric acid groups is 2. The Hall–Kier alpha value is -1.94. The smallest absolute Gasteiger partial charge is 0.462 e. The number of aliphatic hydroxyl groups excluding tert-OH is 1. The average Bonchev–Trinajstić information content (AvgIpc) is 3.47. The molecule has 84 heavy (non-hydrogen) atoms. The van der Waals surface area contributed by atoms with Gasteiger partial charge in [0.2, 0.25) is 0 Å². The zero-order valence-electron chi connectivity index (χ0n) is 54.4. The van der Waals surface area contributed by atoms with Crippen molar-refractivity contribution in [2.75, 3.05) is 39.6 Å². The van der Waals surface area contributed by atoms with Crippen molar-refractivity contribution in [2.45, 2.75) is 336 Å². The molecule has 0 aliphatic heterocycles. The topological polar surface area (TPSA) is 237 Å². The van der Waals surface area contributed by atoms with Crippen molar-refractivity contribution in [1.82, 2.24) is 0 Å². The Labute approximate surface area is 511 Å². The van der Waals surface area contributed by atoms with Crippen LogP contribution in [0.15, 0.2) is 0 Å². The van der Waals surface area contributed by atoms with Gasteiger partial charge in [0.1, 0.15) is 19.3 Å². The number of ether oxygens (including phenoxy) is 4. The van der Waals surface area contributed by atoms with Crippen molar-refractivity contribution < 1.29 is 80.2 Å². The van der Waals surface area contributed by atoms with Gasteiger partial charge in [0.05, 0.1) is 26.4 Å². The highest BCUT2D eigenvalue weighted by Crippen LogP contribution is 2.45. The Morgan fingerprint density at radius 3 is 0.905 bits per heavy atom. The first-order valence-corrected chi connectivity index (χ1v) is 36.9. The van der Waals surface area contributed by atoms with Gasteiger partial charge in [-0.15, -0.1) is 0 Å². The monoisotopic (exact) mass is 1240 g/mol. The van der Waals surface area contributed by atoms with Crippen molar-refractivity contribution in [3.05, 3.63) is 0 Å². The van der Waals surface area contributed by atoms with Gasteiger partial charge in [-0.1, -0.05) is 267 Å². The first-order valence-electron chi connectivity index (χ1n) is 33.9. The molecule has 0 radical (unpaired) electrons. The molecule has 0 aliphatic carbocycles. The lowest BCUT2D eigenvalue weighted by atomic mass is 10.00. The molecule has 0 saturated carbocycles. The molecule has 3 N–H and O–H groups in total. The number of aliphatic hydroxyl groups is 1. The summed E-state index contributed by atoms with van der Waals surface area (Å²) in [5.74, 6) is 0.0273. The Balaban J connectivity index is 5.25. The molecule has 0 aromatic heterocycles. The SMILES string of the molecule is CCCCCCCCCCCCCC(=O)OC[C@H](COP(=O)(O)OC[C@@H](O)COP(=O)(O)OC[C@@H](COC(=O)CCCCCCCCC(C)C)OC(=O)CCCCCCCCC(C)CC)OC(=O)CCCCCCCCCCCCCC(C)C. The van der Waals surface area contributed by atoms with Gasteiger partial charge in [-0.25, -0.2) is 9.13 Å². The van der Waals surface area contributed by atoms with Gasteiger partial charge in [0.15, 0.2) is 12.2 Å². The van der Waals surface area contributed by atoms with E-state index in [4.69, 9.17) is 37.0 Å². The van der Waals surface area contributed by atoms with E-state index in [1.165, 1.54) is 122 Å². The number of rotatable bonds is 63. The molecular weight excluding hydrogens is 1110 g/mol. The second kappa shape index (κ2) is 56.3. The quantitative estimate of drug-likeness (QED) is 0.0222. The maximum absolute atomic E-state index is 13.0. The van der Waals surface area contributed by atoms with E-state index in [9.17, 15) is 43.2 Å². The Bertz CT molecular complexity index is 1670.